The summed E-state index contributed by atoms with van der Waals surface area (Å²) in [4.78, 5) is 9.29. The van der Waals surface area contributed by atoms with Crippen molar-refractivity contribution >= 4 is 21.7 Å². The van der Waals surface area contributed by atoms with Crippen molar-refractivity contribution < 1.29 is 0 Å². The van der Waals surface area contributed by atoms with Crippen LogP contribution in [0, 0.1) is 5.92 Å². The second-order valence-electron chi connectivity index (χ2n) is 6.08. The lowest BCUT2D eigenvalue weighted by Crippen LogP contribution is -2.18. The Hall–Kier alpha value is -0.640. The highest BCUT2D eigenvalue weighted by Gasteiger charge is 2.22. The molecule has 3 nitrogen and oxygen atoms in total. The lowest BCUT2D eigenvalue weighted by atomic mass is 9.91. The van der Waals surface area contributed by atoms with Crippen molar-refractivity contribution in [1.82, 2.24) is 9.97 Å². The van der Waals surface area contributed by atoms with Gasteiger partial charge in [-0.3, -0.25) is 0 Å². The maximum absolute atomic E-state index is 4.73. The molecular formula is C14H24BrN3. The first-order chi connectivity index (χ1) is 8.25. The van der Waals surface area contributed by atoms with Crippen LogP contribution < -0.4 is 5.32 Å². The lowest BCUT2D eigenvalue weighted by molar-refractivity contribution is 0.543. The summed E-state index contributed by atoms with van der Waals surface area (Å²) in [6, 6.07) is 0. The zero-order valence-electron chi connectivity index (χ0n) is 12.3. The van der Waals surface area contributed by atoms with Crippen LogP contribution in [-0.2, 0) is 11.8 Å². The zero-order chi connectivity index (χ0) is 13.9. The van der Waals surface area contributed by atoms with Gasteiger partial charge in [-0.1, -0.05) is 34.6 Å². The van der Waals surface area contributed by atoms with Crippen molar-refractivity contribution in [3.05, 3.63) is 16.0 Å². The van der Waals surface area contributed by atoms with Crippen molar-refractivity contribution in [3.8, 4) is 0 Å². The molecule has 0 saturated heterocycles. The summed E-state index contributed by atoms with van der Waals surface area (Å²) in [5, 5.41) is 3.14. The SMILES string of the molecule is CNc1nc(CCC(C)C)nc(C(C)(C)C)c1Br. The van der Waals surface area contributed by atoms with E-state index in [2.05, 4.69) is 60.8 Å². The van der Waals surface area contributed by atoms with Gasteiger partial charge in [0.2, 0.25) is 0 Å². The first-order valence-electron chi connectivity index (χ1n) is 6.50. The highest BCUT2D eigenvalue weighted by atomic mass is 79.9. The van der Waals surface area contributed by atoms with E-state index in [4.69, 9.17) is 4.98 Å². The third-order valence-electron chi connectivity index (χ3n) is 2.79. The molecule has 1 rings (SSSR count). The maximum Gasteiger partial charge on any atom is 0.144 e. The maximum atomic E-state index is 4.73. The fourth-order valence-corrected chi connectivity index (χ4v) is 2.66. The van der Waals surface area contributed by atoms with E-state index in [1.165, 1.54) is 0 Å². The fraction of sp³-hybridized carbons (Fsp3) is 0.714. The third kappa shape index (κ3) is 3.94. The molecule has 0 aliphatic rings. The van der Waals surface area contributed by atoms with Crippen molar-refractivity contribution in [3.63, 3.8) is 0 Å². The molecule has 1 aromatic rings. The van der Waals surface area contributed by atoms with Gasteiger partial charge in [0.1, 0.15) is 11.6 Å². The molecule has 0 unspecified atom stereocenters. The van der Waals surface area contributed by atoms with Gasteiger partial charge in [0.05, 0.1) is 10.2 Å². The van der Waals surface area contributed by atoms with E-state index >= 15 is 0 Å². The molecule has 0 aliphatic heterocycles. The first-order valence-corrected chi connectivity index (χ1v) is 7.29. The number of anilines is 1. The third-order valence-corrected chi connectivity index (χ3v) is 3.54. The Bertz CT molecular complexity index is 408. The molecule has 0 saturated carbocycles. The summed E-state index contributed by atoms with van der Waals surface area (Å²) in [6.45, 7) is 11.0. The van der Waals surface area contributed by atoms with Crippen LogP contribution in [0.4, 0.5) is 5.82 Å². The Morgan fingerprint density at radius 2 is 1.83 bits per heavy atom. The van der Waals surface area contributed by atoms with Crippen molar-refractivity contribution in [2.75, 3.05) is 12.4 Å². The largest absolute Gasteiger partial charge is 0.372 e. The van der Waals surface area contributed by atoms with Crippen LogP contribution in [-0.4, -0.2) is 17.0 Å². The number of aryl methyl sites for hydroxylation is 1. The second-order valence-corrected chi connectivity index (χ2v) is 6.88. The molecule has 0 atom stereocenters. The highest BCUT2D eigenvalue weighted by molar-refractivity contribution is 9.10. The minimum Gasteiger partial charge on any atom is -0.372 e. The molecule has 0 aromatic carbocycles. The van der Waals surface area contributed by atoms with Gasteiger partial charge in [0, 0.05) is 18.9 Å². The molecule has 0 aliphatic carbocycles. The molecule has 0 amide bonds. The van der Waals surface area contributed by atoms with Crippen LogP contribution >= 0.6 is 15.9 Å². The van der Waals surface area contributed by atoms with Gasteiger partial charge in [-0.25, -0.2) is 9.97 Å². The normalized spacial score (nSPS) is 12.0. The molecule has 1 heterocycles. The zero-order valence-corrected chi connectivity index (χ0v) is 13.8. The molecule has 1 N–H and O–H groups in total. The van der Waals surface area contributed by atoms with Gasteiger partial charge in [-0.2, -0.15) is 0 Å². The summed E-state index contributed by atoms with van der Waals surface area (Å²) in [7, 11) is 1.89. The quantitative estimate of drug-likeness (QED) is 0.906. The molecule has 1 aromatic heterocycles. The number of rotatable bonds is 4. The van der Waals surface area contributed by atoms with Crippen molar-refractivity contribution in [2.24, 2.45) is 5.92 Å². The van der Waals surface area contributed by atoms with Crippen LogP contribution in [0.2, 0.25) is 0 Å². The van der Waals surface area contributed by atoms with E-state index in [0.717, 1.165) is 34.7 Å². The monoisotopic (exact) mass is 313 g/mol. The number of halogens is 1. The summed E-state index contributed by atoms with van der Waals surface area (Å²) in [6.07, 6.45) is 2.05. The number of hydrogen-bond acceptors (Lipinski definition) is 3. The van der Waals surface area contributed by atoms with Crippen molar-refractivity contribution in [2.45, 2.75) is 52.9 Å². The fourth-order valence-electron chi connectivity index (χ4n) is 1.69. The number of aromatic nitrogens is 2. The smallest absolute Gasteiger partial charge is 0.144 e. The Morgan fingerprint density at radius 1 is 1.22 bits per heavy atom. The molecular weight excluding hydrogens is 290 g/mol. The van der Waals surface area contributed by atoms with Gasteiger partial charge < -0.3 is 5.32 Å². The highest BCUT2D eigenvalue weighted by Crippen LogP contribution is 2.32. The number of hydrogen-bond donors (Lipinski definition) is 1. The molecule has 4 heteroatoms. The standard InChI is InChI=1S/C14H24BrN3/c1-9(2)7-8-10-17-12(14(3,4)5)11(15)13(16-6)18-10/h9H,7-8H2,1-6H3,(H,16,17,18). The summed E-state index contributed by atoms with van der Waals surface area (Å²) in [5.41, 5.74) is 1.08. The predicted octanol–water partition coefficient (Wildman–Crippen LogP) is 4.17. The van der Waals surface area contributed by atoms with Crippen molar-refractivity contribution in [1.29, 1.82) is 0 Å². The van der Waals surface area contributed by atoms with Crippen LogP contribution in [0.3, 0.4) is 0 Å². The molecule has 102 valence electrons. The van der Waals surface area contributed by atoms with E-state index in [9.17, 15) is 0 Å². The Morgan fingerprint density at radius 3 is 2.28 bits per heavy atom. The van der Waals surface area contributed by atoms with E-state index in [1.54, 1.807) is 0 Å². The summed E-state index contributed by atoms with van der Waals surface area (Å²) in [5.74, 6) is 2.49. The van der Waals surface area contributed by atoms with E-state index in [1.807, 2.05) is 7.05 Å². The van der Waals surface area contributed by atoms with Crippen LogP contribution in [0.25, 0.3) is 0 Å². The average Bonchev–Trinajstić information content (AvgIpc) is 2.25. The summed E-state index contributed by atoms with van der Waals surface area (Å²) < 4.78 is 0.978. The van der Waals surface area contributed by atoms with Crippen LogP contribution in [0.15, 0.2) is 4.47 Å². The van der Waals surface area contributed by atoms with Crippen LogP contribution in [0.5, 0.6) is 0 Å². The van der Waals surface area contributed by atoms with E-state index in [0.29, 0.717) is 5.92 Å². The van der Waals surface area contributed by atoms with Gasteiger partial charge in [-0.15, -0.1) is 0 Å². The molecule has 18 heavy (non-hydrogen) atoms. The minimum atomic E-state index is 0.0138. The molecule has 0 spiro atoms. The van der Waals surface area contributed by atoms with Gasteiger partial charge in [0.15, 0.2) is 0 Å². The molecule has 0 fully saturated rings. The lowest BCUT2D eigenvalue weighted by Gasteiger charge is -2.21. The van der Waals surface area contributed by atoms with Crippen LogP contribution in [0.1, 0.15) is 52.6 Å². The Labute approximate surface area is 119 Å². The van der Waals surface area contributed by atoms with E-state index < -0.39 is 0 Å². The topological polar surface area (TPSA) is 37.8 Å². The first kappa shape index (κ1) is 15.4. The minimum absolute atomic E-state index is 0.0138. The number of nitrogens with zero attached hydrogens (tertiary/aromatic N) is 2. The number of nitrogens with one attached hydrogen (secondary N) is 1. The molecule has 0 bridgehead atoms. The Balaban J connectivity index is 3.14. The van der Waals surface area contributed by atoms with Gasteiger partial charge in [0.25, 0.3) is 0 Å². The van der Waals surface area contributed by atoms with E-state index in [-0.39, 0.29) is 5.41 Å². The predicted molar refractivity (Wildman–Crippen MR) is 81.1 cm³/mol. The van der Waals surface area contributed by atoms with Gasteiger partial charge in [-0.05, 0) is 28.3 Å². The molecule has 0 radical (unpaired) electrons. The average molecular weight is 314 g/mol. The van der Waals surface area contributed by atoms with Gasteiger partial charge >= 0.3 is 0 Å². The Kier molecular flexibility index (Phi) is 5.14. The summed E-state index contributed by atoms with van der Waals surface area (Å²) >= 11 is 3.60. The second kappa shape index (κ2) is 6.00.